The number of anilines is 1. The van der Waals surface area contributed by atoms with Gasteiger partial charge in [0.1, 0.15) is 0 Å². The van der Waals surface area contributed by atoms with Gasteiger partial charge in [-0.05, 0) is 49.4 Å². The molecule has 1 aromatic carbocycles. The first-order valence-corrected chi connectivity index (χ1v) is 7.62. The van der Waals surface area contributed by atoms with Crippen molar-refractivity contribution in [2.24, 2.45) is 0 Å². The number of benzene rings is 1. The summed E-state index contributed by atoms with van der Waals surface area (Å²) in [6.07, 6.45) is 6.09. The zero-order valence-corrected chi connectivity index (χ0v) is 11.6. The highest BCUT2D eigenvalue weighted by Crippen LogP contribution is 2.29. The highest BCUT2D eigenvalue weighted by Gasteiger charge is 2.16. The van der Waals surface area contributed by atoms with E-state index in [-0.39, 0.29) is 5.91 Å². The van der Waals surface area contributed by atoms with Crippen molar-refractivity contribution in [3.8, 4) is 0 Å². The number of rotatable bonds is 2. The van der Waals surface area contributed by atoms with Crippen LogP contribution in [0.25, 0.3) is 0 Å². The number of nitrogens with one attached hydrogen (secondary N) is 1. The Morgan fingerprint density at radius 1 is 1.05 bits per heavy atom. The summed E-state index contributed by atoms with van der Waals surface area (Å²) in [5, 5.41) is 2.95. The molecule has 0 radical (unpaired) electrons. The quantitative estimate of drug-likeness (QED) is 0.812. The Hall–Kier alpha value is -1.61. The third kappa shape index (κ3) is 2.87. The SMILES string of the molecule is O=C(Nc1ccccc1)c1cc2c(s1)CCCCC2. The number of thiophene rings is 1. The molecule has 19 heavy (non-hydrogen) atoms. The second-order valence-corrected chi connectivity index (χ2v) is 6.08. The monoisotopic (exact) mass is 271 g/mol. The Morgan fingerprint density at radius 2 is 1.84 bits per heavy atom. The van der Waals surface area contributed by atoms with E-state index in [4.69, 9.17) is 0 Å². The molecule has 0 aliphatic heterocycles. The largest absolute Gasteiger partial charge is 0.321 e. The summed E-state index contributed by atoms with van der Waals surface area (Å²) >= 11 is 1.66. The van der Waals surface area contributed by atoms with Crippen molar-refractivity contribution in [2.75, 3.05) is 5.32 Å². The first kappa shape index (κ1) is 12.4. The Morgan fingerprint density at radius 3 is 2.68 bits per heavy atom. The van der Waals surface area contributed by atoms with Crippen LogP contribution in [0.3, 0.4) is 0 Å². The number of hydrogen-bond donors (Lipinski definition) is 1. The van der Waals surface area contributed by atoms with Gasteiger partial charge in [0.05, 0.1) is 4.88 Å². The van der Waals surface area contributed by atoms with Crippen molar-refractivity contribution >= 4 is 22.9 Å². The molecule has 1 heterocycles. The summed E-state index contributed by atoms with van der Waals surface area (Å²) in [4.78, 5) is 14.5. The summed E-state index contributed by atoms with van der Waals surface area (Å²) in [6, 6.07) is 11.7. The van der Waals surface area contributed by atoms with E-state index >= 15 is 0 Å². The average Bonchev–Trinajstić information content (AvgIpc) is 2.72. The van der Waals surface area contributed by atoms with Gasteiger partial charge in [-0.25, -0.2) is 0 Å². The lowest BCUT2D eigenvalue weighted by Crippen LogP contribution is -2.09. The van der Waals surface area contributed by atoms with Gasteiger partial charge in [0, 0.05) is 10.6 Å². The standard InChI is InChI=1S/C16H17NOS/c18-16(17-13-8-4-2-5-9-13)15-11-12-7-3-1-6-10-14(12)19-15/h2,4-5,8-9,11H,1,3,6-7,10H2,(H,17,18). The van der Waals surface area contributed by atoms with Crippen molar-refractivity contribution < 1.29 is 4.79 Å². The van der Waals surface area contributed by atoms with Crippen LogP contribution in [0.5, 0.6) is 0 Å². The Kier molecular flexibility index (Phi) is 3.65. The number of hydrogen-bond acceptors (Lipinski definition) is 2. The summed E-state index contributed by atoms with van der Waals surface area (Å²) in [6.45, 7) is 0. The van der Waals surface area contributed by atoms with Gasteiger partial charge in [0.25, 0.3) is 5.91 Å². The van der Waals surface area contributed by atoms with Gasteiger partial charge < -0.3 is 5.32 Å². The first-order chi connectivity index (χ1) is 9.33. The maximum atomic E-state index is 12.2. The zero-order valence-electron chi connectivity index (χ0n) is 10.8. The molecule has 0 atom stereocenters. The van der Waals surface area contributed by atoms with Crippen LogP contribution in [0.2, 0.25) is 0 Å². The number of para-hydroxylation sites is 1. The van der Waals surface area contributed by atoms with Crippen LogP contribution in [0, 0.1) is 0 Å². The van der Waals surface area contributed by atoms with Crippen LogP contribution < -0.4 is 5.32 Å². The van der Waals surface area contributed by atoms with Crippen LogP contribution >= 0.6 is 11.3 Å². The van der Waals surface area contributed by atoms with E-state index in [9.17, 15) is 4.79 Å². The van der Waals surface area contributed by atoms with E-state index in [0.29, 0.717) is 0 Å². The number of aryl methyl sites for hydroxylation is 2. The van der Waals surface area contributed by atoms with Crippen molar-refractivity contribution in [2.45, 2.75) is 32.1 Å². The molecule has 2 aromatic rings. The third-order valence-corrected chi connectivity index (χ3v) is 4.74. The molecule has 3 heteroatoms. The molecule has 2 nitrogen and oxygen atoms in total. The lowest BCUT2D eigenvalue weighted by atomic mass is 10.1. The second kappa shape index (κ2) is 5.57. The molecule has 0 fully saturated rings. The lowest BCUT2D eigenvalue weighted by Gasteiger charge is -2.02. The van der Waals surface area contributed by atoms with Crippen molar-refractivity contribution in [3.63, 3.8) is 0 Å². The predicted octanol–water partition coefficient (Wildman–Crippen LogP) is 4.27. The van der Waals surface area contributed by atoms with Gasteiger partial charge in [-0.15, -0.1) is 11.3 Å². The number of carbonyl (C=O) groups excluding carboxylic acids is 1. The van der Waals surface area contributed by atoms with E-state index in [2.05, 4.69) is 11.4 Å². The topological polar surface area (TPSA) is 29.1 Å². The van der Waals surface area contributed by atoms with Crippen molar-refractivity contribution in [1.82, 2.24) is 0 Å². The number of carbonyl (C=O) groups is 1. The van der Waals surface area contributed by atoms with Crippen LogP contribution in [0.4, 0.5) is 5.69 Å². The summed E-state index contributed by atoms with van der Waals surface area (Å²) in [5.74, 6) is 0.0178. The molecule has 1 aliphatic carbocycles. The Bertz CT molecular complexity index is 550. The van der Waals surface area contributed by atoms with Gasteiger partial charge in [-0.1, -0.05) is 24.6 Å². The molecule has 0 saturated heterocycles. The predicted molar refractivity (Wildman–Crippen MR) is 80.0 cm³/mol. The molecule has 1 amide bonds. The minimum atomic E-state index is 0.0178. The molecule has 3 rings (SSSR count). The van der Waals surface area contributed by atoms with E-state index in [1.807, 2.05) is 30.3 Å². The lowest BCUT2D eigenvalue weighted by molar-refractivity contribution is 0.103. The van der Waals surface area contributed by atoms with Gasteiger partial charge in [-0.2, -0.15) is 0 Å². The smallest absolute Gasteiger partial charge is 0.265 e. The maximum Gasteiger partial charge on any atom is 0.265 e. The van der Waals surface area contributed by atoms with Crippen molar-refractivity contribution in [1.29, 1.82) is 0 Å². The maximum absolute atomic E-state index is 12.2. The van der Waals surface area contributed by atoms with Gasteiger partial charge in [-0.3, -0.25) is 4.79 Å². The molecule has 0 saturated carbocycles. The molecule has 1 aromatic heterocycles. The minimum Gasteiger partial charge on any atom is -0.321 e. The zero-order chi connectivity index (χ0) is 13.1. The van der Waals surface area contributed by atoms with Gasteiger partial charge in [0.15, 0.2) is 0 Å². The second-order valence-electron chi connectivity index (χ2n) is 4.94. The van der Waals surface area contributed by atoms with E-state index in [1.165, 1.54) is 29.7 Å². The average molecular weight is 271 g/mol. The van der Waals surface area contributed by atoms with E-state index in [1.54, 1.807) is 11.3 Å². The first-order valence-electron chi connectivity index (χ1n) is 6.81. The summed E-state index contributed by atoms with van der Waals surface area (Å²) in [5.41, 5.74) is 2.25. The molecule has 1 aliphatic rings. The van der Waals surface area contributed by atoms with Crippen molar-refractivity contribution in [3.05, 3.63) is 51.7 Å². The van der Waals surface area contributed by atoms with Crippen LogP contribution in [-0.4, -0.2) is 5.91 Å². The highest BCUT2D eigenvalue weighted by molar-refractivity contribution is 7.14. The molecular formula is C16H17NOS. The third-order valence-electron chi connectivity index (χ3n) is 3.50. The molecule has 0 spiro atoms. The summed E-state index contributed by atoms with van der Waals surface area (Å²) in [7, 11) is 0. The fourth-order valence-electron chi connectivity index (χ4n) is 2.49. The fourth-order valence-corrected chi connectivity index (χ4v) is 3.64. The van der Waals surface area contributed by atoms with E-state index < -0.39 is 0 Å². The Labute approximate surface area is 117 Å². The molecule has 1 N–H and O–H groups in total. The molecule has 0 unspecified atom stereocenters. The molecular weight excluding hydrogens is 254 g/mol. The molecule has 98 valence electrons. The van der Waals surface area contributed by atoms with E-state index in [0.717, 1.165) is 23.4 Å². The highest BCUT2D eigenvalue weighted by atomic mass is 32.1. The van der Waals surface area contributed by atoms with Crippen LogP contribution in [0.1, 0.15) is 39.4 Å². The van der Waals surface area contributed by atoms with Gasteiger partial charge >= 0.3 is 0 Å². The Balaban J connectivity index is 1.77. The minimum absolute atomic E-state index is 0.0178. The number of amides is 1. The van der Waals surface area contributed by atoms with Gasteiger partial charge in [0.2, 0.25) is 0 Å². The normalized spacial score (nSPS) is 14.5. The van der Waals surface area contributed by atoms with Crippen LogP contribution in [-0.2, 0) is 12.8 Å². The number of fused-ring (bicyclic) bond motifs is 1. The van der Waals surface area contributed by atoms with Crippen LogP contribution in [0.15, 0.2) is 36.4 Å². The fraction of sp³-hybridized carbons (Fsp3) is 0.312. The summed E-state index contributed by atoms with van der Waals surface area (Å²) < 4.78 is 0. The molecule has 0 bridgehead atoms.